The number of nitrogen functional groups attached to an aromatic ring is 1. The Labute approximate surface area is 154 Å². The molecule has 0 unspecified atom stereocenters. The average Bonchev–Trinajstić information content (AvgIpc) is 3.04. The highest BCUT2D eigenvalue weighted by Crippen LogP contribution is 2.23. The Kier molecular flexibility index (Phi) is 5.21. The van der Waals surface area contributed by atoms with Crippen LogP contribution in [0.3, 0.4) is 0 Å². The summed E-state index contributed by atoms with van der Waals surface area (Å²) >= 11 is 7.29. The number of hydrogen-bond donors (Lipinski definition) is 2. The van der Waals surface area contributed by atoms with Gasteiger partial charge in [-0.2, -0.15) is 0 Å². The van der Waals surface area contributed by atoms with Crippen molar-refractivity contribution in [3.05, 3.63) is 69.7 Å². The van der Waals surface area contributed by atoms with Crippen LogP contribution in [0.4, 0.5) is 16.5 Å². The lowest BCUT2D eigenvalue weighted by atomic mass is 10.2. The number of halogens is 1. The van der Waals surface area contributed by atoms with Gasteiger partial charge < -0.3 is 15.8 Å². The minimum absolute atomic E-state index is 0.0907. The maximum atomic E-state index is 12.1. The van der Waals surface area contributed by atoms with Gasteiger partial charge in [0, 0.05) is 11.1 Å². The van der Waals surface area contributed by atoms with Crippen LogP contribution in [0.15, 0.2) is 47.8 Å². The van der Waals surface area contributed by atoms with E-state index in [4.69, 9.17) is 22.1 Å². The summed E-state index contributed by atoms with van der Waals surface area (Å²) in [5.74, 6) is -0.468. The van der Waals surface area contributed by atoms with Crippen molar-refractivity contribution in [3.63, 3.8) is 0 Å². The highest BCUT2D eigenvalue weighted by Gasteiger charge is 2.11. The molecule has 25 heavy (non-hydrogen) atoms. The molecule has 1 aromatic heterocycles. The number of benzene rings is 2. The third-order valence-corrected chi connectivity index (χ3v) is 4.59. The molecule has 7 heteroatoms. The van der Waals surface area contributed by atoms with E-state index in [0.717, 1.165) is 10.8 Å². The summed E-state index contributed by atoms with van der Waals surface area (Å²) in [5.41, 5.74) is 9.22. The zero-order chi connectivity index (χ0) is 17.8. The normalized spacial score (nSPS) is 10.5. The van der Waals surface area contributed by atoms with Gasteiger partial charge in [0.1, 0.15) is 6.61 Å². The summed E-state index contributed by atoms with van der Waals surface area (Å²) in [5, 5.41) is 6.21. The summed E-state index contributed by atoms with van der Waals surface area (Å²) < 4.78 is 5.27. The fourth-order valence-electron chi connectivity index (χ4n) is 2.08. The fourth-order valence-corrected chi connectivity index (χ4v) is 2.92. The Morgan fingerprint density at radius 1 is 1.28 bits per heavy atom. The molecule has 1 heterocycles. The minimum Gasteiger partial charge on any atom is -0.456 e. The lowest BCUT2D eigenvalue weighted by Crippen LogP contribution is -2.06. The summed E-state index contributed by atoms with van der Waals surface area (Å²) in [4.78, 5) is 16.5. The molecule has 0 aliphatic carbocycles. The highest BCUT2D eigenvalue weighted by molar-refractivity contribution is 7.13. The predicted octanol–water partition coefficient (Wildman–Crippen LogP) is 4.79. The van der Waals surface area contributed by atoms with Crippen molar-refractivity contribution < 1.29 is 9.53 Å². The van der Waals surface area contributed by atoms with E-state index >= 15 is 0 Å². The third-order valence-electron chi connectivity index (χ3n) is 3.44. The van der Waals surface area contributed by atoms with E-state index in [2.05, 4.69) is 10.3 Å². The minimum atomic E-state index is -0.468. The first kappa shape index (κ1) is 17.3. The van der Waals surface area contributed by atoms with Crippen LogP contribution < -0.4 is 11.1 Å². The quantitative estimate of drug-likeness (QED) is 0.496. The first-order valence-electron chi connectivity index (χ1n) is 7.51. The lowest BCUT2D eigenvalue weighted by Gasteiger charge is -2.05. The number of anilines is 3. The van der Waals surface area contributed by atoms with Gasteiger partial charge in [-0.3, -0.25) is 0 Å². The van der Waals surface area contributed by atoms with E-state index in [-0.39, 0.29) is 6.61 Å². The van der Waals surface area contributed by atoms with Crippen LogP contribution in [0.2, 0.25) is 5.02 Å². The van der Waals surface area contributed by atoms with E-state index in [0.29, 0.717) is 22.0 Å². The van der Waals surface area contributed by atoms with Crippen molar-refractivity contribution in [2.45, 2.75) is 13.5 Å². The zero-order valence-electron chi connectivity index (χ0n) is 13.5. The van der Waals surface area contributed by atoms with Gasteiger partial charge in [-0.25, -0.2) is 9.78 Å². The van der Waals surface area contributed by atoms with Gasteiger partial charge in [0.05, 0.1) is 22.0 Å². The van der Waals surface area contributed by atoms with Crippen molar-refractivity contribution in [1.29, 1.82) is 0 Å². The molecule has 0 aliphatic rings. The highest BCUT2D eigenvalue weighted by atomic mass is 35.5. The summed E-state index contributed by atoms with van der Waals surface area (Å²) in [7, 11) is 0. The zero-order valence-corrected chi connectivity index (χ0v) is 15.0. The van der Waals surface area contributed by atoms with Crippen molar-refractivity contribution >= 4 is 45.4 Å². The van der Waals surface area contributed by atoms with Gasteiger partial charge in [-0.15, -0.1) is 11.3 Å². The number of rotatable bonds is 5. The average molecular weight is 374 g/mol. The maximum Gasteiger partial charge on any atom is 0.338 e. The summed E-state index contributed by atoms with van der Waals surface area (Å²) in [6.45, 7) is 2.13. The number of carbonyl (C=O) groups is 1. The van der Waals surface area contributed by atoms with Gasteiger partial charge in [-0.05, 0) is 37.3 Å². The van der Waals surface area contributed by atoms with Crippen LogP contribution in [-0.2, 0) is 11.3 Å². The number of ether oxygens (including phenoxy) is 1. The summed E-state index contributed by atoms with van der Waals surface area (Å²) in [6.07, 6.45) is 0. The SMILES string of the molecule is Cc1ccc(Nc2nc(COC(=O)c3ccc(Cl)c(N)c3)cs2)cc1. The van der Waals surface area contributed by atoms with E-state index < -0.39 is 5.97 Å². The molecule has 0 radical (unpaired) electrons. The van der Waals surface area contributed by atoms with Crippen LogP contribution in [0.1, 0.15) is 21.6 Å². The van der Waals surface area contributed by atoms with Crippen LogP contribution >= 0.6 is 22.9 Å². The fraction of sp³-hybridized carbons (Fsp3) is 0.111. The number of hydrogen-bond acceptors (Lipinski definition) is 6. The molecule has 0 atom stereocenters. The van der Waals surface area contributed by atoms with Gasteiger partial charge >= 0.3 is 5.97 Å². The molecule has 0 aliphatic heterocycles. The molecular weight excluding hydrogens is 358 g/mol. The second-order valence-electron chi connectivity index (χ2n) is 5.45. The number of nitrogens with two attached hydrogens (primary N) is 1. The number of carbonyl (C=O) groups excluding carboxylic acids is 1. The Balaban J connectivity index is 1.58. The van der Waals surface area contributed by atoms with Crippen molar-refractivity contribution in [1.82, 2.24) is 4.98 Å². The number of esters is 1. The number of nitrogens with zero attached hydrogens (tertiary/aromatic N) is 1. The molecule has 2 aromatic carbocycles. The first-order valence-corrected chi connectivity index (χ1v) is 8.77. The molecule has 5 nitrogen and oxygen atoms in total. The standard InChI is InChI=1S/C18H16ClN3O2S/c1-11-2-5-13(6-3-11)21-18-22-14(10-25-18)9-24-17(23)12-4-7-15(19)16(20)8-12/h2-8,10H,9,20H2,1H3,(H,21,22). The molecule has 0 fully saturated rings. The molecule has 0 spiro atoms. The third kappa shape index (κ3) is 4.49. The molecule has 0 bridgehead atoms. The maximum absolute atomic E-state index is 12.1. The van der Waals surface area contributed by atoms with Crippen molar-refractivity contribution in [3.8, 4) is 0 Å². The topological polar surface area (TPSA) is 77.2 Å². The lowest BCUT2D eigenvalue weighted by molar-refractivity contribution is 0.0468. The van der Waals surface area contributed by atoms with E-state index in [1.165, 1.54) is 23.0 Å². The van der Waals surface area contributed by atoms with Crippen molar-refractivity contribution in [2.24, 2.45) is 0 Å². The molecule has 0 amide bonds. The molecule has 3 N–H and O–H groups in total. The van der Waals surface area contributed by atoms with Crippen molar-refractivity contribution in [2.75, 3.05) is 11.1 Å². The van der Waals surface area contributed by atoms with E-state index in [9.17, 15) is 4.79 Å². The van der Waals surface area contributed by atoms with Gasteiger partial charge in [0.2, 0.25) is 0 Å². The van der Waals surface area contributed by atoms with Gasteiger partial charge in [0.15, 0.2) is 5.13 Å². The molecule has 0 saturated heterocycles. The summed E-state index contributed by atoms with van der Waals surface area (Å²) in [6, 6.07) is 12.7. The second-order valence-corrected chi connectivity index (χ2v) is 6.71. The number of aromatic nitrogens is 1. The number of nitrogens with one attached hydrogen (secondary N) is 1. The monoisotopic (exact) mass is 373 g/mol. The Morgan fingerprint density at radius 2 is 2.04 bits per heavy atom. The Morgan fingerprint density at radius 3 is 2.76 bits per heavy atom. The van der Waals surface area contributed by atoms with Gasteiger partial charge in [0.25, 0.3) is 0 Å². The molecule has 3 rings (SSSR count). The van der Waals surface area contributed by atoms with E-state index in [1.54, 1.807) is 12.1 Å². The Bertz CT molecular complexity index is 894. The molecule has 3 aromatic rings. The van der Waals surface area contributed by atoms with Gasteiger partial charge in [-0.1, -0.05) is 29.3 Å². The largest absolute Gasteiger partial charge is 0.456 e. The first-order chi connectivity index (χ1) is 12.0. The van der Waals surface area contributed by atoms with Crippen LogP contribution in [-0.4, -0.2) is 11.0 Å². The van der Waals surface area contributed by atoms with E-state index in [1.807, 2.05) is 36.6 Å². The van der Waals surface area contributed by atoms with Crippen LogP contribution in [0.5, 0.6) is 0 Å². The van der Waals surface area contributed by atoms with Crippen LogP contribution in [0.25, 0.3) is 0 Å². The second kappa shape index (κ2) is 7.55. The molecular formula is C18H16ClN3O2S. The predicted molar refractivity (Wildman–Crippen MR) is 102 cm³/mol. The molecule has 128 valence electrons. The van der Waals surface area contributed by atoms with Crippen LogP contribution in [0, 0.1) is 6.92 Å². The molecule has 0 saturated carbocycles. The number of aryl methyl sites for hydroxylation is 1. The number of thiazole rings is 1. The smallest absolute Gasteiger partial charge is 0.338 e. The Hall–Kier alpha value is -2.57.